The van der Waals surface area contributed by atoms with Gasteiger partial charge in [-0.15, -0.1) is 0 Å². The lowest BCUT2D eigenvalue weighted by molar-refractivity contribution is 0.403. The number of fused-ring (bicyclic) bond motifs is 1. The molecular weight excluding hydrogens is 388 g/mol. The molecule has 1 aromatic heterocycles. The van der Waals surface area contributed by atoms with Crippen LogP contribution in [0, 0.1) is 0 Å². The van der Waals surface area contributed by atoms with Gasteiger partial charge < -0.3 is 9.26 Å². The summed E-state index contributed by atoms with van der Waals surface area (Å²) in [5.74, 6) is 0.589. The monoisotopic (exact) mass is 406 g/mol. The molecule has 4 rings (SSSR count). The van der Waals surface area contributed by atoms with E-state index in [1.807, 2.05) is 25.1 Å². The number of primary sulfonamides is 1. The van der Waals surface area contributed by atoms with E-state index in [-0.39, 0.29) is 10.6 Å². The Morgan fingerprint density at radius 2 is 2.07 bits per heavy atom. The summed E-state index contributed by atoms with van der Waals surface area (Å²) in [4.78, 5) is -0.0787. The Labute approximate surface area is 162 Å². The molecular formula is C19H19ClN2O4S. The number of sulfonamides is 1. The molecule has 6 nitrogen and oxygen atoms in total. The van der Waals surface area contributed by atoms with E-state index in [0.717, 1.165) is 24.0 Å². The van der Waals surface area contributed by atoms with Crippen LogP contribution in [0.25, 0.3) is 22.2 Å². The molecule has 0 radical (unpaired) electrons. The third-order valence-electron chi connectivity index (χ3n) is 4.91. The van der Waals surface area contributed by atoms with Crippen molar-refractivity contribution in [3.05, 3.63) is 40.4 Å². The number of rotatable bonds is 5. The molecule has 2 N–H and O–H groups in total. The van der Waals surface area contributed by atoms with Crippen molar-refractivity contribution in [3.8, 4) is 17.0 Å². The lowest BCUT2D eigenvalue weighted by atomic mass is 10.0. The minimum Gasteiger partial charge on any atom is -0.495 e. The van der Waals surface area contributed by atoms with Crippen molar-refractivity contribution in [2.45, 2.75) is 37.0 Å². The first kappa shape index (κ1) is 18.3. The maximum absolute atomic E-state index is 12.1. The molecule has 2 aromatic carbocycles. The Kier molecular flexibility index (Phi) is 4.41. The van der Waals surface area contributed by atoms with Crippen molar-refractivity contribution in [2.75, 3.05) is 7.11 Å². The number of halogens is 1. The zero-order valence-electron chi connectivity index (χ0n) is 15.0. The van der Waals surface area contributed by atoms with Crippen LogP contribution in [-0.4, -0.2) is 20.7 Å². The van der Waals surface area contributed by atoms with Crippen molar-refractivity contribution in [1.29, 1.82) is 0 Å². The fourth-order valence-corrected chi connectivity index (χ4v) is 4.53. The number of benzene rings is 2. The van der Waals surface area contributed by atoms with Crippen LogP contribution in [0.3, 0.4) is 0 Å². The van der Waals surface area contributed by atoms with E-state index in [4.69, 9.17) is 26.0 Å². The Bertz CT molecular complexity index is 1150. The first-order chi connectivity index (χ1) is 12.8. The predicted octanol–water partition coefficient (Wildman–Crippen LogP) is 4.24. The summed E-state index contributed by atoms with van der Waals surface area (Å²) in [6.45, 7) is 1.93. The van der Waals surface area contributed by atoms with Gasteiger partial charge in [-0.2, -0.15) is 0 Å². The number of nitrogens with zero attached hydrogens (tertiary/aromatic N) is 1. The Balaban J connectivity index is 2.05. The van der Waals surface area contributed by atoms with Crippen LogP contribution in [0.4, 0.5) is 0 Å². The average molecular weight is 407 g/mol. The topological polar surface area (TPSA) is 95.4 Å². The van der Waals surface area contributed by atoms with E-state index in [2.05, 4.69) is 5.16 Å². The number of hydrogen-bond acceptors (Lipinski definition) is 5. The molecule has 0 amide bonds. The molecule has 0 aliphatic heterocycles. The smallest absolute Gasteiger partial charge is 0.241 e. The van der Waals surface area contributed by atoms with Crippen molar-refractivity contribution in [2.24, 2.45) is 5.14 Å². The van der Waals surface area contributed by atoms with E-state index in [1.165, 1.54) is 13.2 Å². The maximum atomic E-state index is 12.1. The summed E-state index contributed by atoms with van der Waals surface area (Å²) < 4.78 is 35.1. The zero-order valence-corrected chi connectivity index (χ0v) is 16.5. The first-order valence-corrected chi connectivity index (χ1v) is 10.6. The van der Waals surface area contributed by atoms with Gasteiger partial charge in [-0.1, -0.05) is 29.7 Å². The van der Waals surface area contributed by atoms with Crippen LogP contribution >= 0.6 is 11.6 Å². The number of aromatic nitrogens is 1. The van der Waals surface area contributed by atoms with E-state index >= 15 is 0 Å². The zero-order chi connectivity index (χ0) is 19.3. The van der Waals surface area contributed by atoms with Gasteiger partial charge in [-0.25, -0.2) is 13.6 Å². The number of nitrogens with two attached hydrogens (primary N) is 1. The highest BCUT2D eigenvalue weighted by molar-refractivity contribution is 7.89. The molecule has 1 heterocycles. The van der Waals surface area contributed by atoms with Crippen LogP contribution in [0.1, 0.15) is 36.8 Å². The Hall–Kier alpha value is -2.09. The third-order valence-corrected chi connectivity index (χ3v) is 6.24. The maximum Gasteiger partial charge on any atom is 0.241 e. The number of methoxy groups -OCH3 is 1. The Morgan fingerprint density at radius 3 is 2.67 bits per heavy atom. The fourth-order valence-electron chi connectivity index (χ4n) is 3.37. The van der Waals surface area contributed by atoms with Crippen molar-refractivity contribution in [1.82, 2.24) is 5.16 Å². The summed E-state index contributed by atoms with van der Waals surface area (Å²) in [5, 5.41) is 10.8. The van der Waals surface area contributed by atoms with Crippen LogP contribution in [0.2, 0.25) is 5.02 Å². The van der Waals surface area contributed by atoms with Crippen molar-refractivity contribution in [3.63, 3.8) is 0 Å². The molecule has 3 aromatic rings. The minimum atomic E-state index is -3.98. The highest BCUT2D eigenvalue weighted by Crippen LogP contribution is 2.48. The van der Waals surface area contributed by atoms with E-state index in [0.29, 0.717) is 39.6 Å². The lowest BCUT2D eigenvalue weighted by Crippen LogP contribution is -2.14. The van der Waals surface area contributed by atoms with Gasteiger partial charge in [0.25, 0.3) is 0 Å². The van der Waals surface area contributed by atoms with Crippen LogP contribution in [-0.2, 0) is 16.4 Å². The SMILES string of the molecule is CCc1cc(-c2noc3ccc(C4CC4)c(Cl)c23)c(OC)c(S(N)(=O)=O)c1. The highest BCUT2D eigenvalue weighted by Gasteiger charge is 2.30. The van der Waals surface area contributed by atoms with E-state index in [9.17, 15) is 8.42 Å². The molecule has 0 unspecified atom stereocenters. The second kappa shape index (κ2) is 6.51. The standard InChI is InChI=1S/C19H19ClN2O4S/c1-3-10-8-13(19(25-2)15(9-10)27(21,23)24)18-16-14(26-22-18)7-6-12(17(16)20)11-4-5-11/h6-9,11H,3-5H2,1-2H3,(H2,21,23,24). The van der Waals surface area contributed by atoms with Gasteiger partial charge in [0.1, 0.15) is 16.3 Å². The Morgan fingerprint density at radius 1 is 1.33 bits per heavy atom. The van der Waals surface area contributed by atoms with Gasteiger partial charge >= 0.3 is 0 Å². The van der Waals surface area contributed by atoms with Gasteiger partial charge in [-0.05, 0) is 54.5 Å². The van der Waals surface area contributed by atoms with Gasteiger partial charge in [-0.3, -0.25) is 0 Å². The predicted molar refractivity (Wildman–Crippen MR) is 104 cm³/mol. The van der Waals surface area contributed by atoms with Crippen LogP contribution in [0.5, 0.6) is 5.75 Å². The highest BCUT2D eigenvalue weighted by atomic mass is 35.5. The molecule has 1 aliphatic carbocycles. The molecule has 142 valence electrons. The second-order valence-corrected chi connectivity index (χ2v) is 8.63. The lowest BCUT2D eigenvalue weighted by Gasteiger charge is -2.14. The largest absolute Gasteiger partial charge is 0.495 e. The van der Waals surface area contributed by atoms with Crippen molar-refractivity contribution >= 4 is 32.6 Å². The molecule has 0 bridgehead atoms. The molecule has 1 fully saturated rings. The summed E-state index contributed by atoms with van der Waals surface area (Å²) in [6, 6.07) is 7.18. The fraction of sp³-hybridized carbons (Fsp3) is 0.316. The summed E-state index contributed by atoms with van der Waals surface area (Å²) in [6.07, 6.45) is 2.84. The van der Waals surface area contributed by atoms with Gasteiger partial charge in [0.05, 0.1) is 17.5 Å². The second-order valence-electron chi connectivity index (χ2n) is 6.72. The van der Waals surface area contributed by atoms with Crippen molar-refractivity contribution < 1.29 is 17.7 Å². The molecule has 1 saturated carbocycles. The van der Waals surface area contributed by atoms with Gasteiger partial charge in [0, 0.05) is 5.56 Å². The van der Waals surface area contributed by atoms with Crippen LogP contribution < -0.4 is 9.88 Å². The van der Waals surface area contributed by atoms with Gasteiger partial charge in [0.2, 0.25) is 10.0 Å². The third kappa shape index (κ3) is 3.09. The molecule has 8 heteroatoms. The molecule has 1 aliphatic rings. The summed E-state index contributed by atoms with van der Waals surface area (Å²) in [7, 11) is -2.58. The molecule has 0 spiro atoms. The summed E-state index contributed by atoms with van der Waals surface area (Å²) >= 11 is 6.69. The molecule has 0 atom stereocenters. The number of hydrogen-bond donors (Lipinski definition) is 1. The van der Waals surface area contributed by atoms with Crippen LogP contribution in [0.15, 0.2) is 33.7 Å². The van der Waals surface area contributed by atoms with E-state index < -0.39 is 10.0 Å². The van der Waals surface area contributed by atoms with Gasteiger partial charge in [0.15, 0.2) is 5.58 Å². The average Bonchev–Trinajstić information content (AvgIpc) is 3.38. The quantitative estimate of drug-likeness (QED) is 0.683. The van der Waals surface area contributed by atoms with E-state index in [1.54, 1.807) is 0 Å². The first-order valence-electron chi connectivity index (χ1n) is 8.67. The molecule has 27 heavy (non-hydrogen) atoms. The minimum absolute atomic E-state index is 0.0787. The number of ether oxygens (including phenoxy) is 1. The summed E-state index contributed by atoms with van der Waals surface area (Å²) in [5.41, 5.74) is 3.34. The normalized spacial score (nSPS) is 14.7. The molecule has 0 saturated heterocycles. The number of aryl methyl sites for hydroxylation is 1.